The molecule has 0 saturated carbocycles. The van der Waals surface area contributed by atoms with Gasteiger partial charge in [-0.2, -0.15) is 0 Å². The van der Waals surface area contributed by atoms with Crippen LogP contribution in [0.4, 0.5) is 0 Å². The quantitative estimate of drug-likeness (QED) is 0.569. The molecule has 0 aromatic heterocycles. The maximum absolute atomic E-state index is 10.7. The summed E-state index contributed by atoms with van der Waals surface area (Å²) in [6.07, 6.45) is 8.58. The van der Waals surface area contributed by atoms with Crippen molar-refractivity contribution >= 4 is 5.78 Å². The van der Waals surface area contributed by atoms with Gasteiger partial charge >= 0.3 is 0 Å². The molecule has 0 fully saturated rings. The van der Waals surface area contributed by atoms with Crippen molar-refractivity contribution < 1.29 is 4.79 Å². The Balaban J connectivity index is 2.50. The van der Waals surface area contributed by atoms with Gasteiger partial charge in [-0.05, 0) is 24.5 Å². The Bertz CT molecular complexity index is 187. The summed E-state index contributed by atoms with van der Waals surface area (Å²) in [5.74, 6) is 0.274. The van der Waals surface area contributed by atoms with Crippen molar-refractivity contribution in [2.45, 2.75) is 26.2 Å². The van der Waals surface area contributed by atoms with Crippen LogP contribution in [-0.2, 0) is 4.79 Å². The third-order valence-corrected chi connectivity index (χ3v) is 1.57. The summed E-state index contributed by atoms with van der Waals surface area (Å²) in [4.78, 5) is 10.7. The zero-order chi connectivity index (χ0) is 7.40. The van der Waals surface area contributed by atoms with Crippen LogP contribution in [0.2, 0.25) is 0 Å². The maximum atomic E-state index is 10.7. The molecule has 1 aliphatic rings. The molecule has 0 heterocycles. The zero-order valence-electron chi connectivity index (χ0n) is 6.26. The Kier molecular flexibility index (Phi) is 2.43. The molecule has 0 radical (unpaired) electrons. The zero-order valence-corrected chi connectivity index (χ0v) is 6.26. The van der Waals surface area contributed by atoms with E-state index in [1.165, 1.54) is 5.57 Å². The Labute approximate surface area is 61.4 Å². The summed E-state index contributed by atoms with van der Waals surface area (Å²) >= 11 is 0. The van der Waals surface area contributed by atoms with Gasteiger partial charge in [0, 0.05) is 6.42 Å². The van der Waals surface area contributed by atoms with Crippen LogP contribution in [-0.4, -0.2) is 5.78 Å². The molecule has 0 aromatic rings. The first-order chi connectivity index (χ1) is 4.83. The summed E-state index contributed by atoms with van der Waals surface area (Å²) in [5.41, 5.74) is 1.19. The highest BCUT2D eigenvalue weighted by Gasteiger charge is 2.07. The Morgan fingerprint density at radius 2 is 2.40 bits per heavy atom. The lowest BCUT2D eigenvalue weighted by Crippen LogP contribution is -1.80. The molecule has 1 rings (SSSR count). The van der Waals surface area contributed by atoms with Crippen LogP contribution in [0.15, 0.2) is 23.8 Å². The minimum Gasteiger partial charge on any atom is -0.295 e. The van der Waals surface area contributed by atoms with Crippen molar-refractivity contribution in [3.8, 4) is 0 Å². The molecule has 0 N–H and O–H groups in total. The third-order valence-electron chi connectivity index (χ3n) is 1.57. The average molecular weight is 136 g/mol. The summed E-state index contributed by atoms with van der Waals surface area (Å²) in [7, 11) is 0. The minimum atomic E-state index is 0.274. The van der Waals surface area contributed by atoms with Gasteiger partial charge in [-0.15, -0.1) is 0 Å². The Morgan fingerprint density at radius 3 is 2.90 bits per heavy atom. The van der Waals surface area contributed by atoms with E-state index in [1.807, 2.05) is 6.08 Å². The summed E-state index contributed by atoms with van der Waals surface area (Å²) in [6.45, 7) is 2.09. The number of carbonyl (C=O) groups is 1. The third kappa shape index (κ3) is 1.83. The van der Waals surface area contributed by atoms with Crippen LogP contribution in [0, 0.1) is 0 Å². The highest BCUT2D eigenvalue weighted by molar-refractivity contribution is 5.93. The molecular formula is C9H12O. The van der Waals surface area contributed by atoms with Crippen molar-refractivity contribution in [2.75, 3.05) is 0 Å². The maximum Gasteiger partial charge on any atom is 0.156 e. The number of rotatable bonds is 2. The molecule has 0 amide bonds. The number of hydrogen-bond acceptors (Lipinski definition) is 1. The van der Waals surface area contributed by atoms with Gasteiger partial charge in [-0.1, -0.05) is 19.1 Å². The fourth-order valence-electron chi connectivity index (χ4n) is 1.02. The van der Waals surface area contributed by atoms with Crippen molar-refractivity contribution in [1.82, 2.24) is 0 Å². The van der Waals surface area contributed by atoms with Crippen LogP contribution < -0.4 is 0 Å². The fraction of sp³-hybridized carbons (Fsp3) is 0.444. The van der Waals surface area contributed by atoms with Crippen LogP contribution in [0.1, 0.15) is 26.2 Å². The number of ketones is 1. The second-order valence-corrected chi connectivity index (χ2v) is 2.50. The highest BCUT2D eigenvalue weighted by atomic mass is 16.1. The molecule has 0 saturated heterocycles. The van der Waals surface area contributed by atoms with Crippen molar-refractivity contribution in [2.24, 2.45) is 0 Å². The first kappa shape index (κ1) is 7.26. The fourth-order valence-corrected chi connectivity index (χ4v) is 1.02. The molecule has 0 aliphatic heterocycles. The predicted octanol–water partition coefficient (Wildman–Crippen LogP) is 2.24. The molecule has 0 bridgehead atoms. The van der Waals surface area contributed by atoms with Crippen LogP contribution in [0.25, 0.3) is 0 Å². The average Bonchev–Trinajstić information content (AvgIpc) is 2.31. The van der Waals surface area contributed by atoms with E-state index in [4.69, 9.17) is 0 Å². The molecule has 0 unspecified atom stereocenters. The van der Waals surface area contributed by atoms with Gasteiger partial charge in [0.2, 0.25) is 0 Å². The summed E-state index contributed by atoms with van der Waals surface area (Å²) < 4.78 is 0. The smallest absolute Gasteiger partial charge is 0.156 e. The van der Waals surface area contributed by atoms with E-state index < -0.39 is 0 Å². The van der Waals surface area contributed by atoms with Crippen molar-refractivity contribution in [3.63, 3.8) is 0 Å². The molecule has 1 aliphatic carbocycles. The van der Waals surface area contributed by atoms with Crippen molar-refractivity contribution in [3.05, 3.63) is 23.8 Å². The number of allylic oxidation sites excluding steroid dienone is 4. The van der Waals surface area contributed by atoms with E-state index in [1.54, 1.807) is 6.08 Å². The number of hydrogen-bond donors (Lipinski definition) is 0. The van der Waals surface area contributed by atoms with Gasteiger partial charge in [0.1, 0.15) is 0 Å². The summed E-state index contributed by atoms with van der Waals surface area (Å²) in [6, 6.07) is 0. The van der Waals surface area contributed by atoms with E-state index >= 15 is 0 Å². The second kappa shape index (κ2) is 3.35. The van der Waals surface area contributed by atoms with Gasteiger partial charge in [-0.3, -0.25) is 4.79 Å². The summed E-state index contributed by atoms with van der Waals surface area (Å²) in [5, 5.41) is 0. The molecule has 0 atom stereocenters. The Morgan fingerprint density at radius 1 is 1.60 bits per heavy atom. The monoisotopic (exact) mass is 136 g/mol. The van der Waals surface area contributed by atoms with Crippen LogP contribution in [0.3, 0.4) is 0 Å². The first-order valence-corrected chi connectivity index (χ1v) is 3.73. The lowest BCUT2D eigenvalue weighted by atomic mass is 10.2. The van der Waals surface area contributed by atoms with Crippen LogP contribution in [0.5, 0.6) is 0 Å². The second-order valence-electron chi connectivity index (χ2n) is 2.50. The first-order valence-electron chi connectivity index (χ1n) is 3.73. The predicted molar refractivity (Wildman–Crippen MR) is 41.8 cm³/mol. The van der Waals surface area contributed by atoms with Crippen molar-refractivity contribution in [1.29, 1.82) is 0 Å². The SMILES string of the molecule is CC/C=C/C1=CC(=O)CC1. The lowest BCUT2D eigenvalue weighted by Gasteiger charge is -1.86. The number of carbonyl (C=O) groups excluding carboxylic acids is 1. The van der Waals surface area contributed by atoms with Gasteiger partial charge in [0.05, 0.1) is 0 Å². The molecule has 1 heteroatoms. The van der Waals surface area contributed by atoms with Gasteiger partial charge in [0.25, 0.3) is 0 Å². The molecule has 54 valence electrons. The van der Waals surface area contributed by atoms with E-state index in [0.717, 1.165) is 12.8 Å². The molecule has 10 heavy (non-hydrogen) atoms. The largest absolute Gasteiger partial charge is 0.295 e. The van der Waals surface area contributed by atoms with E-state index in [-0.39, 0.29) is 5.78 Å². The molecular weight excluding hydrogens is 124 g/mol. The topological polar surface area (TPSA) is 17.1 Å². The van der Waals surface area contributed by atoms with Gasteiger partial charge in [0.15, 0.2) is 5.78 Å². The highest BCUT2D eigenvalue weighted by Crippen LogP contribution is 2.15. The Hall–Kier alpha value is -0.850. The van der Waals surface area contributed by atoms with Crippen LogP contribution >= 0.6 is 0 Å². The van der Waals surface area contributed by atoms with Gasteiger partial charge < -0.3 is 0 Å². The van der Waals surface area contributed by atoms with E-state index in [9.17, 15) is 4.79 Å². The molecule has 0 aromatic carbocycles. The standard InChI is InChI=1S/C9H12O/c1-2-3-4-8-5-6-9(10)7-8/h3-4,7H,2,5-6H2,1H3/b4-3+. The lowest BCUT2D eigenvalue weighted by molar-refractivity contribution is -0.114. The molecule has 0 spiro atoms. The molecule has 1 nitrogen and oxygen atoms in total. The van der Waals surface area contributed by atoms with Gasteiger partial charge in [-0.25, -0.2) is 0 Å². The van der Waals surface area contributed by atoms with E-state index in [2.05, 4.69) is 13.0 Å². The normalized spacial score (nSPS) is 18.5. The van der Waals surface area contributed by atoms with E-state index in [0.29, 0.717) is 6.42 Å². The minimum absolute atomic E-state index is 0.274.